The Bertz CT molecular complexity index is 746. The molecule has 0 amide bonds. The standard InChI is InChI=1S/C15H14BrN3/c1-9-3-6-13(10(2)7-9)17-15-12-5-4-11(16)8-14(12)18-19-15/h3-8H,1-2H3,(H2,17,18,19). The highest BCUT2D eigenvalue weighted by Crippen LogP contribution is 2.27. The van der Waals surface area contributed by atoms with Crippen molar-refractivity contribution in [2.75, 3.05) is 5.32 Å². The van der Waals surface area contributed by atoms with Gasteiger partial charge in [0.05, 0.1) is 5.52 Å². The predicted molar refractivity (Wildman–Crippen MR) is 83.0 cm³/mol. The third kappa shape index (κ3) is 2.36. The van der Waals surface area contributed by atoms with E-state index in [1.54, 1.807) is 0 Å². The molecule has 0 saturated heterocycles. The molecule has 3 rings (SSSR count). The zero-order valence-electron chi connectivity index (χ0n) is 10.8. The minimum Gasteiger partial charge on any atom is -0.338 e. The molecule has 0 aliphatic rings. The average molecular weight is 316 g/mol. The number of aromatic amines is 1. The summed E-state index contributed by atoms with van der Waals surface area (Å²) in [6, 6.07) is 12.4. The fourth-order valence-corrected chi connectivity index (χ4v) is 2.53. The summed E-state index contributed by atoms with van der Waals surface area (Å²) in [4.78, 5) is 0. The van der Waals surface area contributed by atoms with E-state index < -0.39 is 0 Å². The Morgan fingerprint density at radius 3 is 2.74 bits per heavy atom. The maximum absolute atomic E-state index is 4.34. The van der Waals surface area contributed by atoms with Crippen molar-refractivity contribution in [2.24, 2.45) is 0 Å². The van der Waals surface area contributed by atoms with E-state index in [4.69, 9.17) is 0 Å². The molecular formula is C15H14BrN3. The Kier molecular flexibility index (Phi) is 3.03. The molecule has 0 radical (unpaired) electrons. The third-order valence-electron chi connectivity index (χ3n) is 3.16. The molecule has 0 aliphatic carbocycles. The van der Waals surface area contributed by atoms with Gasteiger partial charge in [-0.3, -0.25) is 5.10 Å². The summed E-state index contributed by atoms with van der Waals surface area (Å²) in [5, 5.41) is 11.8. The Balaban J connectivity index is 2.01. The third-order valence-corrected chi connectivity index (χ3v) is 3.65. The molecule has 0 spiro atoms. The van der Waals surface area contributed by atoms with Crippen molar-refractivity contribution < 1.29 is 0 Å². The van der Waals surface area contributed by atoms with Crippen LogP contribution in [0.5, 0.6) is 0 Å². The predicted octanol–water partition coefficient (Wildman–Crippen LogP) is 4.69. The van der Waals surface area contributed by atoms with Crippen molar-refractivity contribution in [1.82, 2.24) is 10.2 Å². The SMILES string of the molecule is Cc1ccc(Nc2n[nH]c3cc(Br)ccc23)c(C)c1. The smallest absolute Gasteiger partial charge is 0.160 e. The quantitative estimate of drug-likeness (QED) is 0.720. The first-order chi connectivity index (χ1) is 9.13. The fraction of sp³-hybridized carbons (Fsp3) is 0.133. The first-order valence-corrected chi connectivity index (χ1v) is 6.91. The highest BCUT2D eigenvalue weighted by atomic mass is 79.9. The van der Waals surface area contributed by atoms with E-state index in [1.807, 2.05) is 12.1 Å². The number of halogens is 1. The number of anilines is 2. The second kappa shape index (κ2) is 4.70. The lowest BCUT2D eigenvalue weighted by Gasteiger charge is -2.08. The van der Waals surface area contributed by atoms with Crippen LogP contribution in [-0.4, -0.2) is 10.2 Å². The summed E-state index contributed by atoms with van der Waals surface area (Å²) in [5.74, 6) is 0.856. The van der Waals surface area contributed by atoms with Crippen LogP contribution in [0.3, 0.4) is 0 Å². The summed E-state index contributed by atoms with van der Waals surface area (Å²) in [7, 11) is 0. The van der Waals surface area contributed by atoms with Gasteiger partial charge in [-0.25, -0.2) is 0 Å². The normalized spacial score (nSPS) is 10.9. The van der Waals surface area contributed by atoms with E-state index in [2.05, 4.69) is 69.6 Å². The van der Waals surface area contributed by atoms with E-state index in [0.29, 0.717) is 0 Å². The lowest BCUT2D eigenvalue weighted by Crippen LogP contribution is -1.94. The molecule has 0 fully saturated rings. The molecule has 0 unspecified atom stereocenters. The van der Waals surface area contributed by atoms with Gasteiger partial charge >= 0.3 is 0 Å². The Hall–Kier alpha value is -1.81. The van der Waals surface area contributed by atoms with Crippen LogP contribution in [0.1, 0.15) is 11.1 Å². The number of rotatable bonds is 2. The Labute approximate surface area is 120 Å². The van der Waals surface area contributed by atoms with Crippen molar-refractivity contribution >= 4 is 38.3 Å². The first-order valence-electron chi connectivity index (χ1n) is 6.11. The number of hydrogen-bond donors (Lipinski definition) is 2. The van der Waals surface area contributed by atoms with Gasteiger partial charge in [-0.15, -0.1) is 0 Å². The fourth-order valence-electron chi connectivity index (χ4n) is 2.17. The number of hydrogen-bond acceptors (Lipinski definition) is 2. The van der Waals surface area contributed by atoms with Crippen LogP contribution < -0.4 is 5.32 Å². The number of fused-ring (bicyclic) bond motifs is 1. The van der Waals surface area contributed by atoms with Crippen molar-refractivity contribution in [2.45, 2.75) is 13.8 Å². The monoisotopic (exact) mass is 315 g/mol. The van der Waals surface area contributed by atoms with Crippen LogP contribution in [0.25, 0.3) is 10.9 Å². The summed E-state index contributed by atoms with van der Waals surface area (Å²) in [6.45, 7) is 4.19. The zero-order chi connectivity index (χ0) is 13.4. The van der Waals surface area contributed by atoms with Gasteiger partial charge in [0.2, 0.25) is 0 Å². The summed E-state index contributed by atoms with van der Waals surface area (Å²) in [5.41, 5.74) is 4.58. The van der Waals surface area contributed by atoms with Crippen molar-refractivity contribution in [3.8, 4) is 0 Å². The Morgan fingerprint density at radius 2 is 1.95 bits per heavy atom. The molecule has 0 aliphatic heterocycles. The van der Waals surface area contributed by atoms with Crippen LogP contribution in [0.2, 0.25) is 0 Å². The van der Waals surface area contributed by atoms with Crippen LogP contribution in [-0.2, 0) is 0 Å². The lowest BCUT2D eigenvalue weighted by molar-refractivity contribution is 1.12. The second-order valence-electron chi connectivity index (χ2n) is 4.71. The zero-order valence-corrected chi connectivity index (χ0v) is 12.4. The van der Waals surface area contributed by atoms with E-state index in [0.717, 1.165) is 26.9 Å². The van der Waals surface area contributed by atoms with Crippen molar-refractivity contribution in [1.29, 1.82) is 0 Å². The average Bonchev–Trinajstić information content (AvgIpc) is 2.75. The van der Waals surface area contributed by atoms with E-state index >= 15 is 0 Å². The van der Waals surface area contributed by atoms with Gasteiger partial charge < -0.3 is 5.32 Å². The molecule has 2 N–H and O–H groups in total. The molecule has 1 aromatic heterocycles. The summed E-state index contributed by atoms with van der Waals surface area (Å²) >= 11 is 3.46. The van der Waals surface area contributed by atoms with E-state index in [9.17, 15) is 0 Å². The molecule has 96 valence electrons. The molecule has 2 aromatic carbocycles. The number of benzene rings is 2. The molecule has 3 aromatic rings. The molecule has 1 heterocycles. The van der Waals surface area contributed by atoms with Gasteiger partial charge in [0.15, 0.2) is 5.82 Å². The molecule has 0 atom stereocenters. The minimum atomic E-state index is 0.856. The number of aryl methyl sites for hydroxylation is 2. The second-order valence-corrected chi connectivity index (χ2v) is 5.62. The molecule has 0 bridgehead atoms. The van der Waals surface area contributed by atoms with Crippen LogP contribution in [0.4, 0.5) is 11.5 Å². The number of nitrogens with one attached hydrogen (secondary N) is 2. The van der Waals surface area contributed by atoms with Gasteiger partial charge in [-0.1, -0.05) is 33.6 Å². The van der Waals surface area contributed by atoms with Crippen LogP contribution >= 0.6 is 15.9 Å². The topological polar surface area (TPSA) is 40.7 Å². The molecule has 3 nitrogen and oxygen atoms in total. The van der Waals surface area contributed by atoms with Crippen molar-refractivity contribution in [3.63, 3.8) is 0 Å². The van der Waals surface area contributed by atoms with Gasteiger partial charge in [0.1, 0.15) is 0 Å². The van der Waals surface area contributed by atoms with Crippen LogP contribution in [0.15, 0.2) is 40.9 Å². The van der Waals surface area contributed by atoms with Crippen LogP contribution in [0, 0.1) is 13.8 Å². The Morgan fingerprint density at radius 1 is 1.11 bits per heavy atom. The molecule has 0 saturated carbocycles. The molecule has 4 heteroatoms. The molecular weight excluding hydrogens is 302 g/mol. The highest BCUT2D eigenvalue weighted by molar-refractivity contribution is 9.10. The first kappa shape index (κ1) is 12.2. The summed E-state index contributed by atoms with van der Waals surface area (Å²) in [6.07, 6.45) is 0. The number of nitrogens with zero attached hydrogens (tertiary/aromatic N) is 1. The molecule has 19 heavy (non-hydrogen) atoms. The largest absolute Gasteiger partial charge is 0.338 e. The van der Waals surface area contributed by atoms with Gasteiger partial charge in [0.25, 0.3) is 0 Å². The maximum atomic E-state index is 4.34. The van der Waals surface area contributed by atoms with Gasteiger partial charge in [-0.05, 0) is 43.7 Å². The lowest BCUT2D eigenvalue weighted by atomic mass is 10.1. The van der Waals surface area contributed by atoms with Crippen molar-refractivity contribution in [3.05, 3.63) is 52.0 Å². The maximum Gasteiger partial charge on any atom is 0.160 e. The minimum absolute atomic E-state index is 0.856. The highest BCUT2D eigenvalue weighted by Gasteiger charge is 2.07. The summed E-state index contributed by atoms with van der Waals surface area (Å²) < 4.78 is 1.04. The number of H-pyrrole nitrogens is 1. The van der Waals surface area contributed by atoms with E-state index in [-0.39, 0.29) is 0 Å². The van der Waals surface area contributed by atoms with Gasteiger partial charge in [-0.2, -0.15) is 5.10 Å². The van der Waals surface area contributed by atoms with E-state index in [1.165, 1.54) is 11.1 Å². The number of aromatic nitrogens is 2. The van der Waals surface area contributed by atoms with Gasteiger partial charge in [0, 0.05) is 15.5 Å².